The van der Waals surface area contributed by atoms with E-state index in [2.05, 4.69) is 273 Å². The maximum Gasteiger partial charge on any atom is 0.115 e. The van der Waals surface area contributed by atoms with Gasteiger partial charge in [0.25, 0.3) is 0 Å². The molecule has 9 aromatic rings. The lowest BCUT2D eigenvalue weighted by atomic mass is 10.0. The molecule has 0 heterocycles. The normalized spacial score (nSPS) is 16.2. The third kappa shape index (κ3) is 16.6. The van der Waals surface area contributed by atoms with Gasteiger partial charge in [-0.05, 0) is 186 Å². The lowest BCUT2D eigenvalue weighted by Gasteiger charge is -2.36. The first-order valence-corrected chi connectivity index (χ1v) is 39.2. The molecule has 3 aliphatic carbocycles. The molecule has 12 rings (SSSR count). The van der Waals surface area contributed by atoms with E-state index < -0.39 is 29.6 Å². The smallest absolute Gasteiger partial charge is 0.115 e. The van der Waals surface area contributed by atoms with E-state index in [1.807, 2.05) is 0 Å². The second-order valence-electron chi connectivity index (χ2n) is 23.6. The van der Waals surface area contributed by atoms with Gasteiger partial charge in [-0.15, -0.1) is 0 Å². The van der Waals surface area contributed by atoms with Crippen LogP contribution < -0.4 is 62.4 Å². The Morgan fingerprint density at radius 3 is 0.430 bits per heavy atom. The maximum atomic E-state index is 8.55. The molecule has 4 nitrogen and oxygen atoms in total. The van der Waals surface area contributed by atoms with E-state index in [-0.39, 0.29) is 0 Å². The highest BCUT2D eigenvalue weighted by atomic mass is 31.2. The van der Waals surface area contributed by atoms with Crippen LogP contribution in [0.2, 0.25) is 0 Å². The van der Waals surface area contributed by atoms with E-state index in [0.717, 1.165) is 17.0 Å². The average Bonchev–Trinajstić information content (AvgIpc) is 1.05. The largest absolute Gasteiger partial charge is 0.822 e. The summed E-state index contributed by atoms with van der Waals surface area (Å²) < 4.78 is 8.55. The van der Waals surface area contributed by atoms with Gasteiger partial charge in [0.2, 0.25) is 0 Å². The Morgan fingerprint density at radius 1 is 0.209 bits per heavy atom. The fourth-order valence-corrected chi connectivity index (χ4v) is 30.4. The van der Waals surface area contributed by atoms with Gasteiger partial charge in [-0.3, -0.25) is 0 Å². The molecule has 86 heavy (non-hydrogen) atoms. The first-order valence-electron chi connectivity index (χ1n) is 32.2. The Balaban J connectivity index is 0.000000148. The Kier molecular flexibility index (Phi) is 25.4. The van der Waals surface area contributed by atoms with Crippen LogP contribution in [0.15, 0.2) is 273 Å². The minimum absolute atomic E-state index is 0.741. The molecule has 9 aromatic carbocycles. The van der Waals surface area contributed by atoms with E-state index in [9.17, 15) is 0 Å². The monoisotopic (exact) mass is 1210 g/mol. The fourth-order valence-electron chi connectivity index (χ4n) is 14.7. The summed E-state index contributed by atoms with van der Waals surface area (Å²) in [5.74, 6) is 0. The minimum Gasteiger partial charge on any atom is -0.822 e. The SMILES string of the molecule is O=P([O-])([O-])[O-].c1ccc([P+](c2ccccc2)(c2ccccc2)C2CCCCCCC2)cc1.c1ccc([P+](c2ccccc2)(c2ccccc2)C2CCCCCCC2)cc1.c1ccc([P+](c2ccccc2)(c2ccccc2)C2CCCCCCC2)cc1. The lowest BCUT2D eigenvalue weighted by Crippen LogP contribution is -2.39. The van der Waals surface area contributed by atoms with Crippen molar-refractivity contribution in [2.24, 2.45) is 0 Å². The fraction of sp³-hybridized carbons (Fsp3) is 0.308. The van der Waals surface area contributed by atoms with Gasteiger partial charge in [0.05, 0.1) is 17.0 Å². The highest BCUT2D eigenvalue weighted by molar-refractivity contribution is 7.97. The number of rotatable bonds is 12. The summed E-state index contributed by atoms with van der Waals surface area (Å²) in [6.45, 7) is 0. The number of phosphoric acid groups is 1. The molecule has 0 bridgehead atoms. The van der Waals surface area contributed by atoms with Crippen LogP contribution in [0.25, 0.3) is 0 Å². The van der Waals surface area contributed by atoms with Gasteiger partial charge in [-0.25, -0.2) is 0 Å². The molecule has 3 aliphatic rings. The molecule has 8 heteroatoms. The summed E-state index contributed by atoms with van der Waals surface area (Å²) >= 11 is 0. The second-order valence-corrected chi connectivity index (χ2v) is 35.7. The van der Waals surface area contributed by atoms with Crippen LogP contribution in [0.1, 0.15) is 135 Å². The number of hydrogen-bond acceptors (Lipinski definition) is 4. The summed E-state index contributed by atoms with van der Waals surface area (Å²) in [7, 11) is -10.4. The first kappa shape index (κ1) is 64.8. The standard InChI is InChI=1S/3C26H30P.H3O4P/c3*1-2-7-15-23(16-8-3-1)27(24-17-9-4-10-18-24,25-19-11-5-12-20-25)26-21-13-6-14-22-26;1-5(2,3)4/h3*4-6,9-14,17-23H,1-3,7-8,15-16H2;(H3,1,2,3,4)/q3*+1;/p-3. The third-order valence-electron chi connectivity index (χ3n) is 18.3. The second kappa shape index (κ2) is 33.7. The number of hydrogen-bond donors (Lipinski definition) is 0. The summed E-state index contributed by atoms with van der Waals surface area (Å²) in [4.78, 5) is 25.6. The van der Waals surface area contributed by atoms with Gasteiger partial charge >= 0.3 is 0 Å². The summed E-state index contributed by atoms with van der Waals surface area (Å²) in [6, 6.07) is 103. The van der Waals surface area contributed by atoms with Crippen LogP contribution in [0, 0.1) is 0 Å². The zero-order chi connectivity index (χ0) is 59.6. The lowest BCUT2D eigenvalue weighted by molar-refractivity contribution is -0.432. The molecule has 3 saturated carbocycles. The molecule has 0 aromatic heterocycles. The van der Waals surface area contributed by atoms with Crippen molar-refractivity contribution in [1.29, 1.82) is 0 Å². The van der Waals surface area contributed by atoms with Crippen molar-refractivity contribution in [3.63, 3.8) is 0 Å². The van der Waals surface area contributed by atoms with Gasteiger partial charge in [-0.2, -0.15) is 7.82 Å². The van der Waals surface area contributed by atoms with Gasteiger partial charge in [0.15, 0.2) is 0 Å². The molecule has 0 amide bonds. The maximum absolute atomic E-state index is 8.55. The topological polar surface area (TPSA) is 86.2 Å². The van der Waals surface area contributed by atoms with E-state index in [0.29, 0.717) is 0 Å². The van der Waals surface area contributed by atoms with Crippen LogP contribution in [-0.4, -0.2) is 17.0 Å². The Morgan fingerprint density at radius 2 is 0.314 bits per heavy atom. The highest BCUT2D eigenvalue weighted by Gasteiger charge is 2.54. The van der Waals surface area contributed by atoms with Crippen molar-refractivity contribution in [3.8, 4) is 0 Å². The van der Waals surface area contributed by atoms with Crippen molar-refractivity contribution in [1.82, 2.24) is 0 Å². The molecule has 0 spiro atoms. The van der Waals surface area contributed by atoms with E-state index in [1.165, 1.54) is 135 Å². The molecule has 446 valence electrons. The third-order valence-corrected chi connectivity index (χ3v) is 33.2. The van der Waals surface area contributed by atoms with Gasteiger partial charge in [0.1, 0.15) is 69.5 Å². The molecule has 0 saturated heterocycles. The van der Waals surface area contributed by atoms with Gasteiger partial charge in [-0.1, -0.05) is 222 Å². The molecule has 0 aliphatic heterocycles. The predicted octanol–water partition coefficient (Wildman–Crippen LogP) is 15.5. The Labute approximate surface area is 518 Å². The van der Waals surface area contributed by atoms with Crippen LogP contribution in [0.5, 0.6) is 0 Å². The molecule has 0 unspecified atom stereocenters. The van der Waals surface area contributed by atoms with Crippen molar-refractivity contribution in [3.05, 3.63) is 273 Å². The quantitative estimate of drug-likeness (QED) is 0.114. The van der Waals surface area contributed by atoms with Crippen LogP contribution in [-0.2, 0) is 4.57 Å². The van der Waals surface area contributed by atoms with Crippen molar-refractivity contribution in [2.45, 2.75) is 152 Å². The van der Waals surface area contributed by atoms with Crippen LogP contribution in [0.3, 0.4) is 0 Å². The van der Waals surface area contributed by atoms with Gasteiger partial charge < -0.3 is 19.2 Å². The minimum atomic E-state index is -5.39. The van der Waals surface area contributed by atoms with Crippen LogP contribution in [0.4, 0.5) is 0 Å². The van der Waals surface area contributed by atoms with Crippen LogP contribution >= 0.6 is 29.6 Å². The Hall–Kier alpha value is -5.62. The molecule has 0 atom stereocenters. The molecule has 3 fully saturated rings. The molecular weight excluding hydrogens is 1120 g/mol. The first-order chi connectivity index (χ1) is 42.3. The zero-order valence-corrected chi connectivity index (χ0v) is 54.1. The summed E-state index contributed by atoms with van der Waals surface area (Å²) in [5, 5.41) is 13.9. The van der Waals surface area contributed by atoms with Crippen molar-refractivity contribution in [2.75, 3.05) is 0 Å². The van der Waals surface area contributed by atoms with Gasteiger partial charge in [0, 0.05) is 0 Å². The Bertz CT molecular complexity index is 2650. The number of benzene rings is 9. The average molecular weight is 1220 g/mol. The summed E-state index contributed by atoms with van der Waals surface area (Å²) in [6.07, 6.45) is 29.0. The summed E-state index contributed by atoms with van der Waals surface area (Å²) in [5.41, 5.74) is 2.22. The van der Waals surface area contributed by atoms with Crippen molar-refractivity contribution >= 4 is 77.4 Å². The van der Waals surface area contributed by atoms with E-state index in [4.69, 9.17) is 19.2 Å². The molecule has 0 radical (unpaired) electrons. The predicted molar refractivity (Wildman–Crippen MR) is 371 cm³/mol. The van der Waals surface area contributed by atoms with Crippen molar-refractivity contribution < 1.29 is 19.2 Å². The molecule has 0 N–H and O–H groups in total. The highest BCUT2D eigenvalue weighted by Crippen LogP contribution is 2.65. The molecular formula is C78H90O4P4. The van der Waals surface area contributed by atoms with E-state index >= 15 is 0 Å². The van der Waals surface area contributed by atoms with E-state index in [1.54, 1.807) is 47.7 Å². The zero-order valence-electron chi connectivity index (χ0n) is 50.5.